The van der Waals surface area contributed by atoms with Crippen LogP contribution in [-0.2, 0) is 4.79 Å². The highest BCUT2D eigenvalue weighted by atomic mass is 16.4. The number of unbranched alkanes of at least 4 members (excludes halogenated alkanes) is 3. The molecular weight excluding hydrogens is 288 g/mol. The van der Waals surface area contributed by atoms with Crippen LogP contribution in [0.25, 0.3) is 0 Å². The van der Waals surface area contributed by atoms with Gasteiger partial charge in [-0.1, -0.05) is 68.4 Å². The number of allylic oxidation sites excluding steroid dienone is 7. The molecule has 0 amide bonds. The smallest absolute Gasteiger partial charge is 0.303 e. The third kappa shape index (κ3) is 18.3. The van der Waals surface area contributed by atoms with Gasteiger partial charge in [0.15, 0.2) is 0 Å². The van der Waals surface area contributed by atoms with Crippen LogP contribution in [0.2, 0.25) is 0 Å². The van der Waals surface area contributed by atoms with Gasteiger partial charge in [0.25, 0.3) is 0 Å². The monoisotopic (exact) mass is 320 g/mol. The lowest BCUT2D eigenvalue weighted by Crippen LogP contribution is -2.03. The van der Waals surface area contributed by atoms with Crippen molar-refractivity contribution in [3.8, 4) is 0 Å². The van der Waals surface area contributed by atoms with Gasteiger partial charge in [0.2, 0.25) is 0 Å². The zero-order chi connectivity index (χ0) is 17.2. The summed E-state index contributed by atoms with van der Waals surface area (Å²) in [6.07, 6.45) is 23.6. The van der Waals surface area contributed by atoms with Crippen LogP contribution in [0.1, 0.15) is 64.7 Å². The molecule has 130 valence electrons. The highest BCUT2D eigenvalue weighted by molar-refractivity contribution is 5.66. The molecular formula is C20H32O3. The zero-order valence-electron chi connectivity index (χ0n) is 14.4. The molecule has 0 aromatic rings. The van der Waals surface area contributed by atoms with Gasteiger partial charge in [0, 0.05) is 6.42 Å². The molecule has 23 heavy (non-hydrogen) atoms. The van der Waals surface area contributed by atoms with E-state index in [1.807, 2.05) is 18.2 Å². The van der Waals surface area contributed by atoms with E-state index in [0.717, 1.165) is 12.8 Å². The summed E-state index contributed by atoms with van der Waals surface area (Å²) >= 11 is 0. The van der Waals surface area contributed by atoms with Crippen molar-refractivity contribution < 1.29 is 15.0 Å². The number of carboxylic acid groups (broad SMARTS) is 1. The van der Waals surface area contributed by atoms with Gasteiger partial charge >= 0.3 is 5.97 Å². The van der Waals surface area contributed by atoms with Gasteiger partial charge in [-0.15, -0.1) is 0 Å². The predicted octanol–water partition coefficient (Wildman–Crippen LogP) is 5.19. The minimum absolute atomic E-state index is 0.110. The van der Waals surface area contributed by atoms with Gasteiger partial charge < -0.3 is 10.2 Å². The first-order valence-electron chi connectivity index (χ1n) is 8.70. The summed E-state index contributed by atoms with van der Waals surface area (Å²) < 4.78 is 0. The van der Waals surface area contributed by atoms with E-state index < -0.39 is 12.1 Å². The normalized spacial score (nSPS) is 13.8. The lowest BCUT2D eigenvalue weighted by atomic mass is 10.1. The van der Waals surface area contributed by atoms with Crippen molar-refractivity contribution in [2.24, 2.45) is 0 Å². The number of carbonyl (C=O) groups is 1. The minimum Gasteiger partial charge on any atom is -0.481 e. The topological polar surface area (TPSA) is 57.5 Å². The Balaban J connectivity index is 3.59. The Hall–Kier alpha value is -1.61. The summed E-state index contributed by atoms with van der Waals surface area (Å²) in [5, 5.41) is 18.1. The van der Waals surface area contributed by atoms with Crippen LogP contribution >= 0.6 is 0 Å². The van der Waals surface area contributed by atoms with Crippen molar-refractivity contribution in [3.63, 3.8) is 0 Å². The molecule has 0 aromatic heterocycles. The Morgan fingerprint density at radius 3 is 2.35 bits per heavy atom. The van der Waals surface area contributed by atoms with Gasteiger partial charge in [0.1, 0.15) is 0 Å². The summed E-state index contributed by atoms with van der Waals surface area (Å²) in [6, 6.07) is 0. The first kappa shape index (κ1) is 21.4. The van der Waals surface area contributed by atoms with E-state index in [9.17, 15) is 9.90 Å². The Bertz CT molecular complexity index is 392. The average Bonchev–Trinajstić information content (AvgIpc) is 2.51. The average molecular weight is 320 g/mol. The summed E-state index contributed by atoms with van der Waals surface area (Å²) in [4.78, 5) is 10.3. The first-order valence-corrected chi connectivity index (χ1v) is 8.70. The maximum absolute atomic E-state index is 10.3. The number of aliphatic hydroxyl groups is 1. The molecule has 0 fully saturated rings. The fourth-order valence-corrected chi connectivity index (χ4v) is 1.98. The zero-order valence-corrected chi connectivity index (χ0v) is 14.4. The molecule has 0 heterocycles. The third-order valence-electron chi connectivity index (χ3n) is 3.32. The van der Waals surface area contributed by atoms with E-state index in [4.69, 9.17) is 5.11 Å². The standard InChI is InChI=1S/C20H32O3/c1-2-3-4-5-6-7-8-9-10-11-12-13-14-16-19(21)17-15-18-20(22)23/h6-7,9-10,12-14,16,19,21H,2-5,8,11,15,17-18H2,1H3,(H,22,23)/b7-6-,10-9+,13-12-,16-14-/t19-/m1/s1. The molecule has 3 heteroatoms. The van der Waals surface area contributed by atoms with Gasteiger partial charge in [0.05, 0.1) is 6.10 Å². The number of hydrogen-bond acceptors (Lipinski definition) is 2. The molecule has 0 radical (unpaired) electrons. The van der Waals surface area contributed by atoms with Crippen LogP contribution in [0.4, 0.5) is 0 Å². The van der Waals surface area contributed by atoms with Crippen LogP contribution in [-0.4, -0.2) is 22.3 Å². The predicted molar refractivity (Wildman–Crippen MR) is 97.4 cm³/mol. The molecule has 0 saturated carbocycles. The molecule has 0 spiro atoms. The van der Waals surface area contributed by atoms with Crippen molar-refractivity contribution in [3.05, 3.63) is 48.6 Å². The molecule has 0 aliphatic carbocycles. The summed E-state index contributed by atoms with van der Waals surface area (Å²) in [6.45, 7) is 2.22. The van der Waals surface area contributed by atoms with Crippen LogP contribution < -0.4 is 0 Å². The molecule has 0 aromatic carbocycles. The number of aliphatic hydroxyl groups excluding tert-OH is 1. The third-order valence-corrected chi connectivity index (χ3v) is 3.32. The Morgan fingerprint density at radius 2 is 1.65 bits per heavy atom. The summed E-state index contributed by atoms with van der Waals surface area (Å²) in [5.41, 5.74) is 0. The summed E-state index contributed by atoms with van der Waals surface area (Å²) in [7, 11) is 0. The van der Waals surface area contributed by atoms with E-state index >= 15 is 0 Å². The number of carboxylic acids is 1. The Labute approximate surface area is 141 Å². The van der Waals surface area contributed by atoms with Crippen molar-refractivity contribution in [1.82, 2.24) is 0 Å². The summed E-state index contributed by atoms with van der Waals surface area (Å²) in [5.74, 6) is -0.816. The second-order valence-electron chi connectivity index (χ2n) is 5.58. The molecule has 3 nitrogen and oxygen atoms in total. The second kappa shape index (κ2) is 16.8. The first-order chi connectivity index (χ1) is 11.2. The van der Waals surface area contributed by atoms with Crippen LogP contribution in [0.5, 0.6) is 0 Å². The van der Waals surface area contributed by atoms with Crippen LogP contribution in [0.3, 0.4) is 0 Å². The van der Waals surface area contributed by atoms with Crippen molar-refractivity contribution in [2.75, 3.05) is 0 Å². The Kier molecular flexibility index (Phi) is 15.6. The van der Waals surface area contributed by atoms with Crippen LogP contribution in [0, 0.1) is 0 Å². The number of hydrogen-bond donors (Lipinski definition) is 2. The highest BCUT2D eigenvalue weighted by Gasteiger charge is 2.01. The van der Waals surface area contributed by atoms with E-state index in [2.05, 4.69) is 31.2 Å². The minimum atomic E-state index is -0.816. The van der Waals surface area contributed by atoms with E-state index in [1.165, 1.54) is 25.7 Å². The lowest BCUT2D eigenvalue weighted by molar-refractivity contribution is -0.137. The lowest BCUT2D eigenvalue weighted by Gasteiger charge is -2.02. The second-order valence-corrected chi connectivity index (χ2v) is 5.58. The SMILES string of the molecule is CCCCC/C=C\C/C=C/C/C=C\C=C/[C@@H](O)CCCC(=O)O. The molecule has 1 atom stereocenters. The quantitative estimate of drug-likeness (QED) is 0.263. The van der Waals surface area contributed by atoms with Crippen molar-refractivity contribution in [2.45, 2.75) is 70.8 Å². The molecule has 0 bridgehead atoms. The highest BCUT2D eigenvalue weighted by Crippen LogP contribution is 2.03. The molecule has 0 aliphatic heterocycles. The van der Waals surface area contributed by atoms with Crippen molar-refractivity contribution in [1.29, 1.82) is 0 Å². The van der Waals surface area contributed by atoms with E-state index in [1.54, 1.807) is 6.08 Å². The molecule has 0 rings (SSSR count). The van der Waals surface area contributed by atoms with Gasteiger partial charge in [-0.05, 0) is 38.5 Å². The number of rotatable bonds is 14. The molecule has 0 saturated heterocycles. The maximum Gasteiger partial charge on any atom is 0.303 e. The fraction of sp³-hybridized carbons (Fsp3) is 0.550. The van der Waals surface area contributed by atoms with E-state index in [-0.39, 0.29) is 6.42 Å². The van der Waals surface area contributed by atoms with E-state index in [0.29, 0.717) is 12.8 Å². The fourth-order valence-electron chi connectivity index (χ4n) is 1.98. The molecule has 0 aliphatic rings. The number of aliphatic carboxylic acids is 1. The van der Waals surface area contributed by atoms with Gasteiger partial charge in [-0.3, -0.25) is 4.79 Å². The molecule has 2 N–H and O–H groups in total. The molecule has 0 unspecified atom stereocenters. The maximum atomic E-state index is 10.3. The Morgan fingerprint density at radius 1 is 0.957 bits per heavy atom. The van der Waals surface area contributed by atoms with Crippen molar-refractivity contribution >= 4 is 5.97 Å². The van der Waals surface area contributed by atoms with Gasteiger partial charge in [-0.25, -0.2) is 0 Å². The van der Waals surface area contributed by atoms with Crippen LogP contribution in [0.15, 0.2) is 48.6 Å². The largest absolute Gasteiger partial charge is 0.481 e. The van der Waals surface area contributed by atoms with Gasteiger partial charge in [-0.2, -0.15) is 0 Å².